The van der Waals surface area contributed by atoms with Crippen molar-refractivity contribution in [1.29, 1.82) is 0 Å². The Morgan fingerprint density at radius 1 is 1.43 bits per heavy atom. The Morgan fingerprint density at radius 2 is 2.07 bits per heavy atom. The Labute approximate surface area is 101 Å². The van der Waals surface area contributed by atoms with Crippen LogP contribution in [0.5, 0.6) is 0 Å². The quantitative estimate of drug-likeness (QED) is 0.828. The number of halogens is 3. The Hall–Kier alpha value is -0.250. The summed E-state index contributed by atoms with van der Waals surface area (Å²) in [6.45, 7) is 1.74. The molecule has 0 saturated carbocycles. The van der Waals surface area contributed by atoms with Crippen molar-refractivity contribution >= 4 is 50.7 Å². The monoisotopic (exact) mass is 295 g/mol. The SMILES string of the molecule is CC(Br)C(=O)Nc1ccc(Cl)c(Cl)c1. The average molecular weight is 297 g/mol. The van der Waals surface area contributed by atoms with Crippen LogP contribution in [0.15, 0.2) is 18.2 Å². The molecule has 1 amide bonds. The van der Waals surface area contributed by atoms with Gasteiger partial charge in [-0.1, -0.05) is 39.1 Å². The van der Waals surface area contributed by atoms with E-state index in [1.54, 1.807) is 25.1 Å². The van der Waals surface area contributed by atoms with Crippen LogP contribution in [-0.2, 0) is 4.79 Å². The van der Waals surface area contributed by atoms with Crippen LogP contribution in [0, 0.1) is 0 Å². The van der Waals surface area contributed by atoms with Crippen LogP contribution in [0.2, 0.25) is 10.0 Å². The summed E-state index contributed by atoms with van der Waals surface area (Å²) in [7, 11) is 0. The molecule has 0 heterocycles. The highest BCUT2D eigenvalue weighted by molar-refractivity contribution is 9.10. The van der Waals surface area contributed by atoms with Gasteiger partial charge < -0.3 is 5.32 Å². The van der Waals surface area contributed by atoms with Crippen molar-refractivity contribution in [2.45, 2.75) is 11.8 Å². The highest BCUT2D eigenvalue weighted by atomic mass is 79.9. The second-order valence-corrected chi connectivity index (χ2v) is 4.92. The molecule has 1 unspecified atom stereocenters. The van der Waals surface area contributed by atoms with Gasteiger partial charge in [0.05, 0.1) is 14.9 Å². The van der Waals surface area contributed by atoms with E-state index in [4.69, 9.17) is 23.2 Å². The highest BCUT2D eigenvalue weighted by Crippen LogP contribution is 2.25. The lowest BCUT2D eigenvalue weighted by Crippen LogP contribution is -2.19. The minimum absolute atomic E-state index is 0.122. The maximum Gasteiger partial charge on any atom is 0.237 e. The molecule has 5 heteroatoms. The van der Waals surface area contributed by atoms with Gasteiger partial charge in [0.25, 0.3) is 0 Å². The van der Waals surface area contributed by atoms with Crippen molar-refractivity contribution in [3.8, 4) is 0 Å². The Morgan fingerprint density at radius 3 is 2.57 bits per heavy atom. The third-order valence-electron chi connectivity index (χ3n) is 1.55. The topological polar surface area (TPSA) is 29.1 Å². The van der Waals surface area contributed by atoms with Crippen LogP contribution in [-0.4, -0.2) is 10.7 Å². The number of carbonyl (C=O) groups is 1. The third kappa shape index (κ3) is 3.15. The molecular formula is C9H8BrCl2NO. The van der Waals surface area contributed by atoms with Crippen LogP contribution < -0.4 is 5.32 Å². The van der Waals surface area contributed by atoms with E-state index in [0.717, 1.165) is 0 Å². The van der Waals surface area contributed by atoms with E-state index in [-0.39, 0.29) is 10.7 Å². The second kappa shape index (κ2) is 5.01. The lowest BCUT2D eigenvalue weighted by Gasteiger charge is -2.07. The van der Waals surface area contributed by atoms with Gasteiger partial charge in [0.15, 0.2) is 0 Å². The fraction of sp³-hybridized carbons (Fsp3) is 0.222. The molecule has 14 heavy (non-hydrogen) atoms. The molecule has 1 atom stereocenters. The Bertz CT molecular complexity index is 355. The number of hydrogen-bond donors (Lipinski definition) is 1. The van der Waals surface area contributed by atoms with Crippen LogP contribution >= 0.6 is 39.1 Å². The van der Waals surface area contributed by atoms with Gasteiger partial charge in [-0.15, -0.1) is 0 Å². The van der Waals surface area contributed by atoms with E-state index in [9.17, 15) is 4.79 Å². The van der Waals surface area contributed by atoms with Crippen molar-refractivity contribution in [1.82, 2.24) is 0 Å². The van der Waals surface area contributed by atoms with Gasteiger partial charge in [0.2, 0.25) is 5.91 Å². The summed E-state index contributed by atoms with van der Waals surface area (Å²) in [6.07, 6.45) is 0. The molecule has 0 aliphatic heterocycles. The number of hydrogen-bond acceptors (Lipinski definition) is 1. The van der Waals surface area contributed by atoms with Crippen molar-refractivity contribution < 1.29 is 4.79 Å². The lowest BCUT2D eigenvalue weighted by molar-refractivity contribution is -0.115. The summed E-state index contributed by atoms with van der Waals surface area (Å²) in [5.74, 6) is -0.122. The van der Waals surface area contributed by atoms with Crippen LogP contribution in [0.25, 0.3) is 0 Å². The van der Waals surface area contributed by atoms with Crippen molar-refractivity contribution in [3.05, 3.63) is 28.2 Å². The molecular weight excluding hydrogens is 289 g/mol. The minimum Gasteiger partial charge on any atom is -0.325 e. The van der Waals surface area contributed by atoms with Gasteiger partial charge in [-0.05, 0) is 25.1 Å². The molecule has 0 fully saturated rings. The molecule has 0 bridgehead atoms. The first-order valence-corrected chi connectivity index (χ1v) is 5.58. The van der Waals surface area contributed by atoms with E-state index in [1.807, 2.05) is 0 Å². The fourth-order valence-electron chi connectivity index (χ4n) is 0.816. The normalized spacial score (nSPS) is 12.3. The Kier molecular flexibility index (Phi) is 4.23. The van der Waals surface area contributed by atoms with Crippen LogP contribution in [0.1, 0.15) is 6.92 Å². The Balaban J connectivity index is 2.78. The van der Waals surface area contributed by atoms with Crippen molar-refractivity contribution in [3.63, 3.8) is 0 Å². The smallest absolute Gasteiger partial charge is 0.237 e. The number of rotatable bonds is 2. The van der Waals surface area contributed by atoms with Crippen LogP contribution in [0.4, 0.5) is 5.69 Å². The first-order valence-electron chi connectivity index (χ1n) is 3.90. The molecule has 0 aliphatic rings. The zero-order chi connectivity index (χ0) is 10.7. The molecule has 1 aromatic carbocycles. The third-order valence-corrected chi connectivity index (χ3v) is 2.70. The number of amides is 1. The molecule has 0 spiro atoms. The number of nitrogens with one attached hydrogen (secondary N) is 1. The molecule has 0 radical (unpaired) electrons. The summed E-state index contributed by atoms with van der Waals surface area (Å²) in [4.78, 5) is 11.0. The maximum atomic E-state index is 11.3. The van der Waals surface area contributed by atoms with E-state index in [1.165, 1.54) is 0 Å². The van der Waals surface area contributed by atoms with Gasteiger partial charge in [0.1, 0.15) is 0 Å². The van der Waals surface area contributed by atoms with Gasteiger partial charge in [-0.2, -0.15) is 0 Å². The standard InChI is InChI=1S/C9H8BrCl2NO/c1-5(10)9(14)13-6-2-3-7(11)8(12)4-6/h2-5H,1H3,(H,13,14). The van der Waals surface area contributed by atoms with Gasteiger partial charge in [0, 0.05) is 5.69 Å². The van der Waals surface area contributed by atoms with Crippen molar-refractivity contribution in [2.24, 2.45) is 0 Å². The summed E-state index contributed by atoms with van der Waals surface area (Å²) in [5, 5.41) is 3.57. The molecule has 1 aromatic rings. The van der Waals surface area contributed by atoms with E-state index >= 15 is 0 Å². The summed E-state index contributed by atoms with van der Waals surface area (Å²) < 4.78 is 0. The predicted octanol–water partition coefficient (Wildman–Crippen LogP) is 3.72. The second-order valence-electron chi connectivity index (χ2n) is 2.73. The van der Waals surface area contributed by atoms with Crippen LogP contribution in [0.3, 0.4) is 0 Å². The van der Waals surface area contributed by atoms with Gasteiger partial charge in [-0.3, -0.25) is 4.79 Å². The summed E-state index contributed by atoms with van der Waals surface area (Å²) in [6, 6.07) is 4.94. The fourth-order valence-corrected chi connectivity index (χ4v) is 1.23. The van der Waals surface area contributed by atoms with Gasteiger partial charge >= 0.3 is 0 Å². The number of alkyl halides is 1. The zero-order valence-electron chi connectivity index (χ0n) is 7.35. The van der Waals surface area contributed by atoms with Gasteiger partial charge in [-0.25, -0.2) is 0 Å². The number of anilines is 1. The predicted molar refractivity (Wildman–Crippen MR) is 63.5 cm³/mol. The molecule has 0 aromatic heterocycles. The molecule has 1 rings (SSSR count). The molecule has 0 aliphatic carbocycles. The largest absolute Gasteiger partial charge is 0.325 e. The van der Waals surface area contributed by atoms with Crippen molar-refractivity contribution in [2.75, 3.05) is 5.32 Å². The zero-order valence-corrected chi connectivity index (χ0v) is 10.4. The van der Waals surface area contributed by atoms with E-state index < -0.39 is 0 Å². The molecule has 0 saturated heterocycles. The maximum absolute atomic E-state index is 11.3. The number of benzene rings is 1. The number of carbonyl (C=O) groups excluding carboxylic acids is 1. The van der Waals surface area contributed by atoms with E-state index in [0.29, 0.717) is 15.7 Å². The van der Waals surface area contributed by atoms with E-state index in [2.05, 4.69) is 21.2 Å². The summed E-state index contributed by atoms with van der Waals surface area (Å²) in [5.41, 5.74) is 0.635. The molecule has 2 nitrogen and oxygen atoms in total. The minimum atomic E-state index is -0.239. The lowest BCUT2D eigenvalue weighted by atomic mass is 10.3. The first kappa shape index (κ1) is 11.8. The summed E-state index contributed by atoms with van der Waals surface area (Å²) >= 11 is 14.7. The first-order chi connectivity index (χ1) is 6.50. The molecule has 76 valence electrons. The average Bonchev–Trinajstić information content (AvgIpc) is 2.11. The molecule has 1 N–H and O–H groups in total. The highest BCUT2D eigenvalue weighted by Gasteiger charge is 2.09.